The lowest BCUT2D eigenvalue weighted by Gasteiger charge is -2.35. The lowest BCUT2D eigenvalue weighted by molar-refractivity contribution is 0.0732. The highest BCUT2D eigenvalue weighted by molar-refractivity contribution is 7.11. The van der Waals surface area contributed by atoms with Gasteiger partial charge in [0, 0.05) is 11.9 Å². The number of aliphatic hydroxyl groups is 1. The Bertz CT molecular complexity index is 514. The molecule has 5 heteroatoms. The molecule has 90 valence electrons. The number of nitrogens with zero attached hydrogens (tertiary/aromatic N) is 2. The van der Waals surface area contributed by atoms with Crippen LogP contribution in [0.25, 0.3) is 10.9 Å². The quantitative estimate of drug-likeness (QED) is 0.877. The van der Waals surface area contributed by atoms with Crippen LogP contribution in [-0.4, -0.2) is 41.9 Å². The van der Waals surface area contributed by atoms with E-state index >= 15 is 0 Å². The monoisotopic (exact) mass is 250 g/mol. The van der Waals surface area contributed by atoms with Gasteiger partial charge in [-0.1, -0.05) is 12.1 Å². The van der Waals surface area contributed by atoms with Gasteiger partial charge in [0.15, 0.2) is 0 Å². The van der Waals surface area contributed by atoms with E-state index in [2.05, 4.69) is 15.3 Å². The summed E-state index contributed by atoms with van der Waals surface area (Å²) in [6.45, 7) is 2.23. The maximum Gasteiger partial charge on any atom is 0.120 e. The van der Waals surface area contributed by atoms with E-state index in [1.54, 1.807) is 0 Å². The van der Waals surface area contributed by atoms with Gasteiger partial charge in [-0.25, -0.2) is 0 Å². The molecule has 0 amide bonds. The zero-order valence-electron chi connectivity index (χ0n) is 9.37. The van der Waals surface area contributed by atoms with Crippen LogP contribution in [0.1, 0.15) is 0 Å². The molecule has 0 radical (unpaired) electrons. The van der Waals surface area contributed by atoms with Gasteiger partial charge in [-0.2, -0.15) is 4.37 Å². The summed E-state index contributed by atoms with van der Waals surface area (Å²) in [4.78, 5) is 2.21. The minimum atomic E-state index is 0.0487. The van der Waals surface area contributed by atoms with Crippen LogP contribution in [0.15, 0.2) is 24.3 Å². The molecular formula is C12H14N2O2S. The summed E-state index contributed by atoms with van der Waals surface area (Å²) >= 11 is 1.50. The van der Waals surface area contributed by atoms with E-state index in [9.17, 15) is 5.11 Å². The van der Waals surface area contributed by atoms with Crippen molar-refractivity contribution in [3.63, 3.8) is 0 Å². The van der Waals surface area contributed by atoms with Crippen LogP contribution in [0.5, 0.6) is 0 Å². The standard InChI is InChI=1S/C12H14N2O2S/c15-7-9-8-16-6-5-14(9)12-10-3-1-2-4-11(10)13-17-12/h1-4,9,15H,5-8H2. The number of hydrogen-bond acceptors (Lipinski definition) is 5. The first kappa shape index (κ1) is 11.0. The molecule has 1 aromatic heterocycles. The topological polar surface area (TPSA) is 45.6 Å². The maximum absolute atomic E-state index is 9.39. The summed E-state index contributed by atoms with van der Waals surface area (Å²) < 4.78 is 9.84. The second-order valence-corrected chi connectivity index (χ2v) is 4.86. The first-order chi connectivity index (χ1) is 8.40. The van der Waals surface area contributed by atoms with E-state index in [1.807, 2.05) is 18.2 Å². The third-order valence-corrected chi connectivity index (χ3v) is 3.98. The summed E-state index contributed by atoms with van der Waals surface area (Å²) in [6, 6.07) is 8.16. The van der Waals surface area contributed by atoms with E-state index in [0.717, 1.165) is 22.4 Å². The lowest BCUT2D eigenvalue weighted by atomic mass is 10.2. The second kappa shape index (κ2) is 4.60. The molecule has 3 rings (SSSR count). The number of aromatic nitrogens is 1. The molecule has 0 bridgehead atoms. The fourth-order valence-corrected chi connectivity index (χ4v) is 3.12. The van der Waals surface area contributed by atoms with Crippen molar-refractivity contribution in [1.29, 1.82) is 0 Å². The molecule has 1 aliphatic heterocycles. The fraction of sp³-hybridized carbons (Fsp3) is 0.417. The largest absolute Gasteiger partial charge is 0.394 e. The highest BCUT2D eigenvalue weighted by Gasteiger charge is 2.25. The minimum Gasteiger partial charge on any atom is -0.394 e. The van der Waals surface area contributed by atoms with Crippen LogP contribution >= 0.6 is 11.5 Å². The Morgan fingerprint density at radius 2 is 2.35 bits per heavy atom. The van der Waals surface area contributed by atoms with Crippen molar-refractivity contribution in [3.8, 4) is 0 Å². The average Bonchev–Trinajstić information content (AvgIpc) is 2.82. The van der Waals surface area contributed by atoms with Crippen LogP contribution in [0.4, 0.5) is 5.00 Å². The van der Waals surface area contributed by atoms with Gasteiger partial charge in [0.2, 0.25) is 0 Å². The SMILES string of the molecule is OCC1COCCN1c1snc2ccccc12. The Balaban J connectivity index is 2.01. The van der Waals surface area contributed by atoms with E-state index in [0.29, 0.717) is 13.2 Å². The maximum atomic E-state index is 9.39. The predicted molar refractivity (Wildman–Crippen MR) is 68.7 cm³/mol. The van der Waals surface area contributed by atoms with E-state index in [4.69, 9.17) is 4.74 Å². The van der Waals surface area contributed by atoms with E-state index < -0.39 is 0 Å². The molecule has 1 saturated heterocycles. The van der Waals surface area contributed by atoms with Crippen LogP contribution in [-0.2, 0) is 4.74 Å². The summed E-state index contributed by atoms with van der Waals surface area (Å²) in [7, 11) is 0. The van der Waals surface area contributed by atoms with Gasteiger partial charge >= 0.3 is 0 Å². The first-order valence-corrected chi connectivity index (χ1v) is 6.47. The van der Waals surface area contributed by atoms with Crippen molar-refractivity contribution in [2.24, 2.45) is 0 Å². The van der Waals surface area contributed by atoms with Crippen LogP contribution in [0.3, 0.4) is 0 Å². The van der Waals surface area contributed by atoms with Crippen LogP contribution in [0, 0.1) is 0 Å². The molecule has 0 spiro atoms. The number of aliphatic hydroxyl groups excluding tert-OH is 1. The molecule has 1 N–H and O–H groups in total. The van der Waals surface area contributed by atoms with E-state index in [1.165, 1.54) is 11.5 Å². The molecule has 17 heavy (non-hydrogen) atoms. The van der Waals surface area contributed by atoms with Gasteiger partial charge in [0.05, 0.1) is 31.4 Å². The highest BCUT2D eigenvalue weighted by atomic mass is 32.1. The Morgan fingerprint density at radius 1 is 1.47 bits per heavy atom. The summed E-state index contributed by atoms with van der Waals surface area (Å²) in [5.41, 5.74) is 1.02. The number of anilines is 1. The minimum absolute atomic E-state index is 0.0487. The predicted octanol–water partition coefficient (Wildman–Crippen LogP) is 1.49. The Hall–Kier alpha value is -1.17. The van der Waals surface area contributed by atoms with Gasteiger partial charge in [-0.15, -0.1) is 0 Å². The zero-order valence-corrected chi connectivity index (χ0v) is 10.2. The van der Waals surface area contributed by atoms with Crippen molar-refractivity contribution in [1.82, 2.24) is 4.37 Å². The van der Waals surface area contributed by atoms with E-state index in [-0.39, 0.29) is 12.6 Å². The van der Waals surface area contributed by atoms with Gasteiger partial charge < -0.3 is 14.7 Å². The van der Waals surface area contributed by atoms with Crippen LogP contribution in [0.2, 0.25) is 0 Å². The summed E-state index contributed by atoms with van der Waals surface area (Å²) in [6.07, 6.45) is 0. The molecule has 2 aromatic rings. The Kier molecular flexibility index (Phi) is 2.96. The molecule has 0 aliphatic carbocycles. The number of benzene rings is 1. The molecule has 0 saturated carbocycles. The van der Waals surface area contributed by atoms with Gasteiger partial charge in [-0.05, 0) is 23.7 Å². The smallest absolute Gasteiger partial charge is 0.120 e. The second-order valence-electron chi connectivity index (χ2n) is 4.11. The number of morpholine rings is 1. The molecule has 1 atom stereocenters. The van der Waals surface area contributed by atoms with Crippen molar-refractivity contribution >= 4 is 27.4 Å². The molecule has 1 fully saturated rings. The zero-order chi connectivity index (χ0) is 11.7. The van der Waals surface area contributed by atoms with Gasteiger partial charge in [0.25, 0.3) is 0 Å². The van der Waals surface area contributed by atoms with Crippen molar-refractivity contribution < 1.29 is 9.84 Å². The summed E-state index contributed by atoms with van der Waals surface area (Å²) in [5, 5.41) is 11.7. The Labute approximate surface area is 104 Å². The van der Waals surface area contributed by atoms with Crippen molar-refractivity contribution in [2.45, 2.75) is 6.04 Å². The third kappa shape index (κ3) is 1.90. The average molecular weight is 250 g/mol. The van der Waals surface area contributed by atoms with Crippen LogP contribution < -0.4 is 4.90 Å². The summed E-state index contributed by atoms with van der Waals surface area (Å²) in [5.74, 6) is 0. The highest BCUT2D eigenvalue weighted by Crippen LogP contribution is 2.32. The number of hydrogen-bond donors (Lipinski definition) is 1. The molecule has 1 aromatic carbocycles. The van der Waals surface area contributed by atoms with Crippen molar-refractivity contribution in [3.05, 3.63) is 24.3 Å². The molecule has 1 unspecified atom stereocenters. The number of rotatable bonds is 2. The van der Waals surface area contributed by atoms with Gasteiger partial charge in [0.1, 0.15) is 5.00 Å². The first-order valence-electron chi connectivity index (χ1n) is 5.70. The third-order valence-electron chi connectivity index (χ3n) is 3.06. The number of fused-ring (bicyclic) bond motifs is 1. The number of ether oxygens (including phenoxy) is 1. The lowest BCUT2D eigenvalue weighted by Crippen LogP contribution is -2.47. The molecular weight excluding hydrogens is 236 g/mol. The van der Waals surface area contributed by atoms with Gasteiger partial charge in [-0.3, -0.25) is 0 Å². The van der Waals surface area contributed by atoms with Crippen molar-refractivity contribution in [2.75, 3.05) is 31.3 Å². The molecule has 2 heterocycles. The fourth-order valence-electron chi connectivity index (χ4n) is 2.16. The molecule has 1 aliphatic rings. The Morgan fingerprint density at radius 3 is 3.24 bits per heavy atom. The normalized spacial score (nSPS) is 21.0. The molecule has 4 nitrogen and oxygen atoms in total.